The summed E-state index contributed by atoms with van der Waals surface area (Å²) in [5.41, 5.74) is 3.88. The number of carbonyl (C=O) groups is 1. The Hall–Kier alpha value is -3.54. The van der Waals surface area contributed by atoms with Crippen LogP contribution in [0.3, 0.4) is 0 Å². The van der Waals surface area contributed by atoms with Gasteiger partial charge in [0, 0.05) is 18.0 Å². The molecular weight excluding hydrogens is 340 g/mol. The fourth-order valence-electron chi connectivity index (χ4n) is 3.27. The Balaban J connectivity index is 1.72. The summed E-state index contributed by atoms with van der Waals surface area (Å²) in [7, 11) is 1.80. The summed E-state index contributed by atoms with van der Waals surface area (Å²) in [4.78, 5) is 28.7. The molecule has 0 atom stereocenters. The molecule has 0 bridgehead atoms. The quantitative estimate of drug-likeness (QED) is 0.587. The molecule has 0 aliphatic carbocycles. The standard InChI is InChI=1S/C21H20N4O2/c1-13-9-10-17-15(11-13)12-18(22-17)20(26)23-19-14(2)24(3)25(21(19)27)16-7-5-4-6-8-16/h4-12,22H,1-3H3,(H,23,26). The summed E-state index contributed by atoms with van der Waals surface area (Å²) >= 11 is 0. The van der Waals surface area contributed by atoms with Crippen molar-refractivity contribution in [2.24, 2.45) is 7.05 Å². The Kier molecular flexibility index (Phi) is 3.96. The first kappa shape index (κ1) is 16.9. The third-order valence-electron chi connectivity index (χ3n) is 4.81. The minimum Gasteiger partial charge on any atom is -0.351 e. The van der Waals surface area contributed by atoms with Crippen LogP contribution in [0.4, 0.5) is 5.69 Å². The molecule has 2 N–H and O–H groups in total. The average molecular weight is 360 g/mol. The van der Waals surface area contributed by atoms with Gasteiger partial charge in [-0.1, -0.05) is 29.8 Å². The van der Waals surface area contributed by atoms with Crippen LogP contribution in [0.25, 0.3) is 16.6 Å². The van der Waals surface area contributed by atoms with E-state index in [0.29, 0.717) is 11.4 Å². The van der Waals surface area contributed by atoms with E-state index in [2.05, 4.69) is 10.3 Å². The normalized spacial score (nSPS) is 11.1. The van der Waals surface area contributed by atoms with Gasteiger partial charge in [-0.25, -0.2) is 4.68 Å². The number of aromatic nitrogens is 3. The lowest BCUT2D eigenvalue weighted by Gasteiger charge is -2.07. The highest BCUT2D eigenvalue weighted by atomic mass is 16.2. The Morgan fingerprint density at radius 1 is 1.04 bits per heavy atom. The summed E-state index contributed by atoms with van der Waals surface area (Å²) in [6.07, 6.45) is 0. The summed E-state index contributed by atoms with van der Waals surface area (Å²) in [6, 6.07) is 17.1. The van der Waals surface area contributed by atoms with E-state index < -0.39 is 0 Å². The van der Waals surface area contributed by atoms with Crippen molar-refractivity contribution in [2.45, 2.75) is 13.8 Å². The number of carbonyl (C=O) groups excluding carboxylic acids is 1. The van der Waals surface area contributed by atoms with Crippen LogP contribution >= 0.6 is 0 Å². The Labute approximate surface area is 156 Å². The number of fused-ring (bicyclic) bond motifs is 1. The van der Waals surface area contributed by atoms with Gasteiger partial charge in [-0.15, -0.1) is 0 Å². The molecule has 4 rings (SSSR count). The van der Waals surface area contributed by atoms with E-state index in [1.165, 1.54) is 0 Å². The summed E-state index contributed by atoms with van der Waals surface area (Å²) < 4.78 is 3.28. The summed E-state index contributed by atoms with van der Waals surface area (Å²) in [5, 5.41) is 3.74. The van der Waals surface area contributed by atoms with E-state index in [1.54, 1.807) is 22.5 Å². The highest BCUT2D eigenvalue weighted by molar-refractivity contribution is 6.06. The average Bonchev–Trinajstić information content (AvgIpc) is 3.17. The molecular formula is C21H20N4O2. The van der Waals surface area contributed by atoms with Crippen LogP contribution in [0, 0.1) is 13.8 Å². The van der Waals surface area contributed by atoms with Gasteiger partial charge in [0.25, 0.3) is 11.5 Å². The molecule has 136 valence electrons. The second-order valence-corrected chi connectivity index (χ2v) is 6.66. The van der Waals surface area contributed by atoms with Crippen molar-refractivity contribution in [3.8, 4) is 5.69 Å². The van der Waals surface area contributed by atoms with Crippen LogP contribution in [0.1, 0.15) is 21.7 Å². The van der Waals surface area contributed by atoms with Gasteiger partial charge in [0.05, 0.1) is 11.4 Å². The van der Waals surface area contributed by atoms with E-state index in [4.69, 9.17) is 0 Å². The zero-order valence-electron chi connectivity index (χ0n) is 15.4. The van der Waals surface area contributed by atoms with Crippen LogP contribution in [-0.4, -0.2) is 20.3 Å². The molecule has 0 saturated heterocycles. The number of aryl methyl sites for hydroxylation is 1. The molecule has 0 aliphatic rings. The number of para-hydroxylation sites is 1. The number of H-pyrrole nitrogens is 1. The molecule has 6 nitrogen and oxygen atoms in total. The molecule has 2 aromatic carbocycles. The van der Waals surface area contributed by atoms with Gasteiger partial charge in [0.15, 0.2) is 0 Å². The number of nitrogens with one attached hydrogen (secondary N) is 2. The van der Waals surface area contributed by atoms with Gasteiger partial charge in [-0.3, -0.25) is 14.3 Å². The molecule has 0 fully saturated rings. The zero-order valence-corrected chi connectivity index (χ0v) is 15.4. The van der Waals surface area contributed by atoms with Crippen LogP contribution < -0.4 is 10.9 Å². The molecule has 27 heavy (non-hydrogen) atoms. The van der Waals surface area contributed by atoms with E-state index in [1.807, 2.05) is 62.4 Å². The van der Waals surface area contributed by atoms with Gasteiger partial charge in [-0.2, -0.15) is 0 Å². The van der Waals surface area contributed by atoms with Gasteiger partial charge >= 0.3 is 0 Å². The molecule has 2 heterocycles. The predicted octanol–water partition coefficient (Wildman–Crippen LogP) is 3.53. The molecule has 0 unspecified atom stereocenters. The fourth-order valence-corrected chi connectivity index (χ4v) is 3.27. The number of amides is 1. The molecule has 0 radical (unpaired) electrons. The Morgan fingerprint density at radius 2 is 1.78 bits per heavy atom. The van der Waals surface area contributed by atoms with Gasteiger partial charge < -0.3 is 10.3 Å². The van der Waals surface area contributed by atoms with Crippen molar-refractivity contribution in [2.75, 3.05) is 5.32 Å². The lowest BCUT2D eigenvalue weighted by atomic mass is 10.2. The van der Waals surface area contributed by atoms with Crippen LogP contribution in [0.15, 0.2) is 59.4 Å². The number of aromatic amines is 1. The largest absolute Gasteiger partial charge is 0.351 e. The molecule has 0 saturated carbocycles. The maximum Gasteiger partial charge on any atom is 0.295 e. The molecule has 0 aliphatic heterocycles. The van der Waals surface area contributed by atoms with Gasteiger partial charge in [0.1, 0.15) is 11.4 Å². The maximum atomic E-state index is 12.9. The highest BCUT2D eigenvalue weighted by Gasteiger charge is 2.19. The van der Waals surface area contributed by atoms with Crippen molar-refractivity contribution in [1.82, 2.24) is 14.3 Å². The molecule has 2 aromatic heterocycles. The van der Waals surface area contributed by atoms with Crippen LogP contribution in [0.2, 0.25) is 0 Å². The van der Waals surface area contributed by atoms with E-state index in [9.17, 15) is 9.59 Å². The molecule has 4 aromatic rings. The van der Waals surface area contributed by atoms with Crippen molar-refractivity contribution in [1.29, 1.82) is 0 Å². The van der Waals surface area contributed by atoms with Gasteiger partial charge in [-0.05, 0) is 44.2 Å². The first-order valence-electron chi connectivity index (χ1n) is 8.70. The Bertz CT molecular complexity index is 1210. The van der Waals surface area contributed by atoms with Crippen molar-refractivity contribution >= 4 is 22.5 Å². The SMILES string of the molecule is Cc1ccc2[nH]c(C(=O)Nc3c(C)n(C)n(-c4ccccc4)c3=O)cc2c1. The fraction of sp³-hybridized carbons (Fsp3) is 0.143. The number of hydrogen-bond donors (Lipinski definition) is 2. The Morgan fingerprint density at radius 3 is 2.52 bits per heavy atom. The van der Waals surface area contributed by atoms with Crippen molar-refractivity contribution in [3.63, 3.8) is 0 Å². The smallest absolute Gasteiger partial charge is 0.295 e. The monoisotopic (exact) mass is 360 g/mol. The topological polar surface area (TPSA) is 71.8 Å². The van der Waals surface area contributed by atoms with Crippen molar-refractivity contribution < 1.29 is 4.79 Å². The zero-order chi connectivity index (χ0) is 19.1. The number of benzene rings is 2. The summed E-state index contributed by atoms with van der Waals surface area (Å²) in [6.45, 7) is 3.82. The van der Waals surface area contributed by atoms with Crippen LogP contribution in [-0.2, 0) is 7.05 Å². The minimum absolute atomic E-state index is 0.262. The minimum atomic E-state index is -0.338. The van der Waals surface area contributed by atoms with Gasteiger partial charge in [0.2, 0.25) is 0 Å². The summed E-state index contributed by atoms with van der Waals surface area (Å²) in [5.74, 6) is -0.338. The first-order valence-corrected chi connectivity index (χ1v) is 8.70. The molecule has 1 amide bonds. The second-order valence-electron chi connectivity index (χ2n) is 6.66. The van der Waals surface area contributed by atoms with E-state index in [-0.39, 0.29) is 17.2 Å². The maximum absolute atomic E-state index is 12.9. The number of nitrogens with zero attached hydrogens (tertiary/aromatic N) is 2. The van der Waals surface area contributed by atoms with Crippen molar-refractivity contribution in [3.05, 3.63) is 81.9 Å². The number of hydrogen-bond acceptors (Lipinski definition) is 2. The molecule has 0 spiro atoms. The number of anilines is 1. The highest BCUT2D eigenvalue weighted by Crippen LogP contribution is 2.19. The number of rotatable bonds is 3. The van der Waals surface area contributed by atoms with E-state index in [0.717, 1.165) is 22.2 Å². The predicted molar refractivity (Wildman–Crippen MR) is 107 cm³/mol. The molecule has 6 heteroatoms. The second kappa shape index (κ2) is 6.32. The third kappa shape index (κ3) is 2.85. The van der Waals surface area contributed by atoms with E-state index >= 15 is 0 Å². The third-order valence-corrected chi connectivity index (χ3v) is 4.81. The van der Waals surface area contributed by atoms with Crippen LogP contribution in [0.5, 0.6) is 0 Å². The lowest BCUT2D eigenvalue weighted by molar-refractivity contribution is 0.102. The lowest BCUT2D eigenvalue weighted by Crippen LogP contribution is -2.23. The first-order chi connectivity index (χ1) is 13.0.